The van der Waals surface area contributed by atoms with Gasteiger partial charge in [-0.05, 0) is 32.0 Å². The first kappa shape index (κ1) is 12.2. The van der Waals surface area contributed by atoms with Crippen LogP contribution in [0.2, 0.25) is 0 Å². The maximum absolute atomic E-state index is 13.8. The summed E-state index contributed by atoms with van der Waals surface area (Å²) in [5.74, 6) is -3.30. The van der Waals surface area contributed by atoms with Gasteiger partial charge in [-0.2, -0.15) is 5.10 Å². The van der Waals surface area contributed by atoms with Gasteiger partial charge in [0.15, 0.2) is 11.6 Å². The van der Waals surface area contributed by atoms with E-state index in [0.29, 0.717) is 11.4 Å². The average molecular weight is 252 g/mol. The number of hydrogen-bond acceptors (Lipinski definition) is 2. The first-order valence-electron chi connectivity index (χ1n) is 5.16. The van der Waals surface area contributed by atoms with Crippen LogP contribution in [0.3, 0.4) is 0 Å². The van der Waals surface area contributed by atoms with Gasteiger partial charge in [0, 0.05) is 5.69 Å². The van der Waals surface area contributed by atoms with Crippen LogP contribution in [0.1, 0.15) is 21.7 Å². The van der Waals surface area contributed by atoms with Crippen molar-refractivity contribution in [2.24, 2.45) is 0 Å². The minimum atomic E-state index is -1.38. The molecule has 0 bridgehead atoms. The molecular weight excluding hydrogens is 242 g/mol. The largest absolute Gasteiger partial charge is 0.478 e. The zero-order chi connectivity index (χ0) is 13.4. The molecule has 2 rings (SSSR count). The Morgan fingerprint density at radius 3 is 2.17 bits per heavy atom. The Kier molecular flexibility index (Phi) is 2.86. The van der Waals surface area contributed by atoms with Gasteiger partial charge < -0.3 is 5.11 Å². The van der Waals surface area contributed by atoms with Crippen molar-refractivity contribution < 1.29 is 18.7 Å². The summed E-state index contributed by atoms with van der Waals surface area (Å²) in [5.41, 5.74) is 0.378. The second-order valence-electron chi connectivity index (χ2n) is 3.93. The third-order valence-corrected chi connectivity index (χ3v) is 2.49. The van der Waals surface area contributed by atoms with E-state index in [2.05, 4.69) is 5.10 Å². The first-order valence-corrected chi connectivity index (χ1v) is 5.16. The van der Waals surface area contributed by atoms with Gasteiger partial charge in [0.2, 0.25) is 0 Å². The van der Waals surface area contributed by atoms with Crippen molar-refractivity contribution in [3.05, 3.63) is 46.8 Å². The van der Waals surface area contributed by atoms with Crippen molar-refractivity contribution in [3.63, 3.8) is 0 Å². The van der Waals surface area contributed by atoms with Crippen molar-refractivity contribution in [2.75, 3.05) is 0 Å². The van der Waals surface area contributed by atoms with Crippen LogP contribution in [0.5, 0.6) is 0 Å². The molecule has 0 aliphatic rings. The molecule has 1 aromatic carbocycles. The highest BCUT2D eigenvalue weighted by Crippen LogP contribution is 2.21. The van der Waals surface area contributed by atoms with E-state index in [-0.39, 0.29) is 5.69 Å². The summed E-state index contributed by atoms with van der Waals surface area (Å²) < 4.78 is 28.7. The van der Waals surface area contributed by atoms with E-state index in [1.165, 1.54) is 0 Å². The molecule has 0 amide bonds. The number of rotatable bonds is 2. The molecule has 0 fully saturated rings. The Balaban J connectivity index is 2.66. The SMILES string of the molecule is Cc1cc(C)n(-c2c(F)cc(C(=O)O)cc2F)n1. The molecule has 1 heterocycles. The maximum Gasteiger partial charge on any atom is 0.335 e. The van der Waals surface area contributed by atoms with Crippen LogP contribution in [0, 0.1) is 25.5 Å². The van der Waals surface area contributed by atoms with Crippen LogP contribution in [-0.4, -0.2) is 20.9 Å². The number of carboxylic acids is 1. The normalized spacial score (nSPS) is 10.7. The predicted octanol–water partition coefficient (Wildman–Crippen LogP) is 2.47. The number of aromatic carboxylic acids is 1. The molecule has 2 aromatic rings. The van der Waals surface area contributed by atoms with Crippen LogP contribution in [0.4, 0.5) is 8.78 Å². The smallest absolute Gasteiger partial charge is 0.335 e. The molecular formula is C12H10F2N2O2. The molecule has 18 heavy (non-hydrogen) atoms. The highest BCUT2D eigenvalue weighted by molar-refractivity contribution is 5.87. The fourth-order valence-corrected chi connectivity index (χ4v) is 1.75. The Morgan fingerprint density at radius 2 is 1.78 bits per heavy atom. The topological polar surface area (TPSA) is 55.1 Å². The molecule has 0 aliphatic carbocycles. The minimum Gasteiger partial charge on any atom is -0.478 e. The number of hydrogen-bond donors (Lipinski definition) is 1. The monoisotopic (exact) mass is 252 g/mol. The van der Waals surface area contributed by atoms with Crippen molar-refractivity contribution >= 4 is 5.97 Å². The van der Waals surface area contributed by atoms with E-state index in [1.54, 1.807) is 19.9 Å². The van der Waals surface area contributed by atoms with Gasteiger partial charge in [-0.15, -0.1) is 0 Å². The molecule has 0 spiro atoms. The highest BCUT2D eigenvalue weighted by Gasteiger charge is 2.18. The molecule has 1 aromatic heterocycles. The van der Waals surface area contributed by atoms with Gasteiger partial charge in [0.05, 0.1) is 11.3 Å². The van der Waals surface area contributed by atoms with Crippen LogP contribution in [0.25, 0.3) is 5.69 Å². The van der Waals surface area contributed by atoms with E-state index >= 15 is 0 Å². The number of nitrogens with zero attached hydrogens (tertiary/aromatic N) is 2. The third-order valence-electron chi connectivity index (χ3n) is 2.49. The molecule has 4 nitrogen and oxygen atoms in total. The fraction of sp³-hybridized carbons (Fsp3) is 0.167. The van der Waals surface area contributed by atoms with Gasteiger partial charge in [-0.3, -0.25) is 0 Å². The minimum absolute atomic E-state index is 0.370. The summed E-state index contributed by atoms with van der Waals surface area (Å²) in [6, 6.07) is 3.22. The summed E-state index contributed by atoms with van der Waals surface area (Å²) in [5, 5.41) is 12.7. The predicted molar refractivity (Wildman–Crippen MR) is 59.9 cm³/mol. The van der Waals surface area contributed by atoms with Gasteiger partial charge >= 0.3 is 5.97 Å². The Bertz CT molecular complexity index is 612. The van der Waals surface area contributed by atoms with E-state index in [1.807, 2.05) is 0 Å². The summed E-state index contributed by atoms with van der Waals surface area (Å²) in [7, 11) is 0. The second kappa shape index (κ2) is 4.21. The standard InChI is InChI=1S/C12H10F2N2O2/c1-6-3-7(2)16(15-6)11-9(13)4-8(12(17)18)5-10(11)14/h3-5H,1-2H3,(H,17,18). The van der Waals surface area contributed by atoms with Gasteiger partial charge in [-0.25, -0.2) is 18.3 Å². The average Bonchev–Trinajstić information content (AvgIpc) is 2.56. The summed E-state index contributed by atoms with van der Waals surface area (Å²) in [4.78, 5) is 10.7. The van der Waals surface area contributed by atoms with Crippen molar-refractivity contribution in [2.45, 2.75) is 13.8 Å². The Labute approximate surface area is 101 Å². The van der Waals surface area contributed by atoms with Crippen molar-refractivity contribution in [3.8, 4) is 5.69 Å². The van der Waals surface area contributed by atoms with Crippen LogP contribution in [-0.2, 0) is 0 Å². The third kappa shape index (κ3) is 1.97. The van der Waals surface area contributed by atoms with Crippen LogP contribution >= 0.6 is 0 Å². The summed E-state index contributed by atoms with van der Waals surface area (Å²) >= 11 is 0. The lowest BCUT2D eigenvalue weighted by atomic mass is 10.2. The second-order valence-corrected chi connectivity index (χ2v) is 3.93. The molecule has 0 aliphatic heterocycles. The fourth-order valence-electron chi connectivity index (χ4n) is 1.75. The molecule has 0 saturated heterocycles. The van der Waals surface area contributed by atoms with E-state index in [9.17, 15) is 13.6 Å². The highest BCUT2D eigenvalue weighted by atomic mass is 19.1. The lowest BCUT2D eigenvalue weighted by molar-refractivity contribution is 0.0695. The molecule has 1 N–H and O–H groups in total. The van der Waals surface area contributed by atoms with E-state index in [4.69, 9.17) is 5.11 Å². The van der Waals surface area contributed by atoms with Gasteiger partial charge in [-0.1, -0.05) is 0 Å². The van der Waals surface area contributed by atoms with Gasteiger partial charge in [0.1, 0.15) is 5.69 Å². The molecule has 0 radical (unpaired) electrons. The Hall–Kier alpha value is -2.24. The number of halogens is 2. The zero-order valence-corrected chi connectivity index (χ0v) is 9.74. The lowest BCUT2D eigenvalue weighted by Gasteiger charge is -2.08. The van der Waals surface area contributed by atoms with Crippen molar-refractivity contribution in [1.82, 2.24) is 9.78 Å². The lowest BCUT2D eigenvalue weighted by Crippen LogP contribution is -2.08. The zero-order valence-electron chi connectivity index (χ0n) is 9.74. The summed E-state index contributed by atoms with van der Waals surface area (Å²) in [6.07, 6.45) is 0. The molecule has 0 atom stereocenters. The number of carbonyl (C=O) groups is 1. The van der Waals surface area contributed by atoms with E-state index in [0.717, 1.165) is 16.8 Å². The number of carboxylic acid groups (broad SMARTS) is 1. The van der Waals surface area contributed by atoms with Crippen LogP contribution < -0.4 is 0 Å². The molecule has 6 heteroatoms. The van der Waals surface area contributed by atoms with Crippen molar-refractivity contribution in [1.29, 1.82) is 0 Å². The number of benzene rings is 1. The number of aryl methyl sites for hydroxylation is 2. The van der Waals surface area contributed by atoms with E-state index < -0.39 is 23.2 Å². The van der Waals surface area contributed by atoms with Crippen LogP contribution in [0.15, 0.2) is 18.2 Å². The quantitative estimate of drug-likeness (QED) is 0.893. The van der Waals surface area contributed by atoms with Gasteiger partial charge in [0.25, 0.3) is 0 Å². The molecule has 0 saturated carbocycles. The molecule has 94 valence electrons. The summed E-state index contributed by atoms with van der Waals surface area (Å²) in [6.45, 7) is 3.36. The number of aromatic nitrogens is 2. The molecule has 0 unspecified atom stereocenters. The Morgan fingerprint density at radius 1 is 1.22 bits per heavy atom. The maximum atomic E-state index is 13.8. The first-order chi connectivity index (χ1) is 8.40.